The minimum absolute atomic E-state index is 0.0702. The quantitative estimate of drug-likeness (QED) is 0.537. The molecule has 0 aliphatic heterocycles. The molecule has 2 aromatic carbocycles. The van der Waals surface area contributed by atoms with E-state index in [1.807, 2.05) is 0 Å². The maximum atomic E-state index is 12.8. The minimum Gasteiger partial charge on any atom is -0.495 e. The van der Waals surface area contributed by atoms with Crippen LogP contribution in [0.4, 0.5) is 16.2 Å². The third-order valence-electron chi connectivity index (χ3n) is 3.59. The molecule has 0 heterocycles. The SMILES string of the molecule is COc1ccc(NC(=O)C(C)NC(N)=O)cc1S(=O)(=O)Nc1ccccc1Cl. The highest BCUT2D eigenvalue weighted by molar-refractivity contribution is 7.92. The first-order chi connectivity index (χ1) is 13.1. The van der Waals surface area contributed by atoms with Gasteiger partial charge in [0.05, 0.1) is 17.8 Å². The van der Waals surface area contributed by atoms with Crippen molar-refractivity contribution in [2.24, 2.45) is 5.73 Å². The number of para-hydroxylation sites is 1. The van der Waals surface area contributed by atoms with Gasteiger partial charge >= 0.3 is 6.03 Å². The second kappa shape index (κ2) is 8.81. The van der Waals surface area contributed by atoms with Crippen LogP contribution in [0, 0.1) is 0 Å². The highest BCUT2D eigenvalue weighted by Crippen LogP contribution is 2.30. The fraction of sp³-hybridized carbons (Fsp3) is 0.176. The van der Waals surface area contributed by atoms with Gasteiger partial charge in [-0.2, -0.15) is 0 Å². The summed E-state index contributed by atoms with van der Waals surface area (Å²) >= 11 is 6.01. The third-order valence-corrected chi connectivity index (χ3v) is 5.31. The molecule has 0 saturated heterocycles. The zero-order chi connectivity index (χ0) is 20.9. The average molecular weight is 427 g/mol. The van der Waals surface area contributed by atoms with Crippen LogP contribution in [0.3, 0.4) is 0 Å². The van der Waals surface area contributed by atoms with E-state index in [0.29, 0.717) is 0 Å². The molecule has 28 heavy (non-hydrogen) atoms. The van der Waals surface area contributed by atoms with Crippen LogP contribution in [0.1, 0.15) is 6.92 Å². The summed E-state index contributed by atoms with van der Waals surface area (Å²) in [7, 11) is -2.76. The first-order valence-corrected chi connectivity index (χ1v) is 9.82. The summed E-state index contributed by atoms with van der Waals surface area (Å²) in [6.45, 7) is 1.43. The van der Waals surface area contributed by atoms with Gasteiger partial charge in [-0.3, -0.25) is 9.52 Å². The largest absolute Gasteiger partial charge is 0.495 e. The summed E-state index contributed by atoms with van der Waals surface area (Å²) in [6, 6.07) is 8.65. The molecule has 2 aromatic rings. The van der Waals surface area contributed by atoms with Crippen LogP contribution in [0.15, 0.2) is 47.4 Å². The first kappa shape index (κ1) is 21.3. The Morgan fingerprint density at radius 2 is 1.86 bits per heavy atom. The van der Waals surface area contributed by atoms with Crippen molar-refractivity contribution < 1.29 is 22.7 Å². The van der Waals surface area contributed by atoms with Crippen LogP contribution in [-0.2, 0) is 14.8 Å². The summed E-state index contributed by atoms with van der Waals surface area (Å²) in [4.78, 5) is 22.8. The Labute approximate surface area is 167 Å². The maximum absolute atomic E-state index is 12.8. The predicted molar refractivity (Wildman–Crippen MR) is 106 cm³/mol. The molecule has 0 aliphatic rings. The Bertz CT molecular complexity index is 997. The van der Waals surface area contributed by atoms with E-state index < -0.39 is 28.0 Å². The van der Waals surface area contributed by atoms with Crippen LogP contribution in [0.25, 0.3) is 0 Å². The number of ether oxygens (including phenoxy) is 1. The number of rotatable bonds is 7. The molecule has 1 atom stereocenters. The molecule has 11 heteroatoms. The average Bonchev–Trinajstić information content (AvgIpc) is 2.63. The van der Waals surface area contributed by atoms with Crippen molar-refractivity contribution in [3.63, 3.8) is 0 Å². The molecule has 9 nitrogen and oxygen atoms in total. The predicted octanol–water partition coefficient (Wildman–Crippen LogP) is 2.14. The Morgan fingerprint density at radius 1 is 1.18 bits per heavy atom. The molecule has 0 fully saturated rings. The van der Waals surface area contributed by atoms with Gasteiger partial charge in [-0.1, -0.05) is 23.7 Å². The Morgan fingerprint density at radius 3 is 2.46 bits per heavy atom. The Hall–Kier alpha value is -2.98. The van der Waals surface area contributed by atoms with E-state index in [1.54, 1.807) is 18.2 Å². The summed E-state index contributed by atoms with van der Waals surface area (Å²) in [5.74, 6) is -0.507. The first-order valence-electron chi connectivity index (χ1n) is 7.96. The molecule has 0 aliphatic carbocycles. The van der Waals surface area contributed by atoms with Crippen LogP contribution < -0.4 is 25.8 Å². The molecule has 0 spiro atoms. The van der Waals surface area contributed by atoms with Crippen molar-refractivity contribution in [3.05, 3.63) is 47.5 Å². The lowest BCUT2D eigenvalue weighted by molar-refractivity contribution is -0.117. The Kier molecular flexibility index (Phi) is 6.71. The van der Waals surface area contributed by atoms with Gasteiger partial charge in [-0.05, 0) is 37.3 Å². The lowest BCUT2D eigenvalue weighted by Gasteiger charge is -2.16. The van der Waals surface area contributed by atoms with Gasteiger partial charge in [0.15, 0.2) is 0 Å². The number of sulfonamides is 1. The number of hydrogen-bond acceptors (Lipinski definition) is 5. The van der Waals surface area contributed by atoms with E-state index in [9.17, 15) is 18.0 Å². The standard InChI is InChI=1S/C17H19ClN4O5S/c1-10(20-17(19)24)16(23)21-11-7-8-14(27-2)15(9-11)28(25,26)22-13-6-4-3-5-12(13)18/h3-10,22H,1-2H3,(H,21,23)(H3,19,20,24). The lowest BCUT2D eigenvalue weighted by atomic mass is 10.2. The van der Waals surface area contributed by atoms with Gasteiger partial charge in [0.25, 0.3) is 10.0 Å². The molecule has 0 radical (unpaired) electrons. The molecule has 1 unspecified atom stereocenters. The van der Waals surface area contributed by atoms with E-state index in [1.165, 1.54) is 38.3 Å². The van der Waals surface area contributed by atoms with E-state index >= 15 is 0 Å². The zero-order valence-electron chi connectivity index (χ0n) is 15.0. The summed E-state index contributed by atoms with van der Waals surface area (Å²) in [5.41, 5.74) is 5.36. The third kappa shape index (κ3) is 5.27. The summed E-state index contributed by atoms with van der Waals surface area (Å²) in [6.07, 6.45) is 0. The fourth-order valence-electron chi connectivity index (χ4n) is 2.24. The van der Waals surface area contributed by atoms with Crippen molar-refractivity contribution in [2.45, 2.75) is 17.9 Å². The number of anilines is 2. The van der Waals surface area contributed by atoms with Gasteiger partial charge in [-0.25, -0.2) is 13.2 Å². The van der Waals surface area contributed by atoms with Crippen molar-refractivity contribution in [1.29, 1.82) is 0 Å². The highest BCUT2D eigenvalue weighted by atomic mass is 35.5. The molecular formula is C17H19ClN4O5S. The summed E-state index contributed by atoms with van der Waals surface area (Å²) < 4.78 is 33.1. The van der Waals surface area contributed by atoms with Gasteiger partial charge in [0.1, 0.15) is 16.7 Å². The van der Waals surface area contributed by atoms with Crippen LogP contribution in [0.5, 0.6) is 5.75 Å². The fourth-order valence-corrected chi connectivity index (χ4v) is 3.75. The summed E-state index contributed by atoms with van der Waals surface area (Å²) in [5, 5.41) is 4.95. The molecular weight excluding hydrogens is 408 g/mol. The lowest BCUT2D eigenvalue weighted by Crippen LogP contribution is -2.44. The normalized spacial score (nSPS) is 12.0. The van der Waals surface area contributed by atoms with E-state index in [2.05, 4.69) is 15.4 Å². The van der Waals surface area contributed by atoms with Gasteiger partial charge in [0.2, 0.25) is 5.91 Å². The molecule has 0 aromatic heterocycles. The van der Waals surface area contributed by atoms with Crippen molar-refractivity contribution in [3.8, 4) is 5.75 Å². The number of hydrogen-bond donors (Lipinski definition) is 4. The molecule has 0 bridgehead atoms. The molecule has 3 amide bonds. The number of nitrogens with two attached hydrogens (primary N) is 1. The van der Waals surface area contributed by atoms with Crippen LogP contribution in [0.2, 0.25) is 5.02 Å². The molecule has 2 rings (SSSR count). The molecule has 5 N–H and O–H groups in total. The number of methoxy groups -OCH3 is 1. The van der Waals surface area contributed by atoms with E-state index in [4.69, 9.17) is 22.1 Å². The second-order valence-corrected chi connectivity index (χ2v) is 7.73. The van der Waals surface area contributed by atoms with E-state index in [-0.39, 0.29) is 27.0 Å². The van der Waals surface area contributed by atoms with Crippen LogP contribution >= 0.6 is 11.6 Å². The number of benzene rings is 2. The highest BCUT2D eigenvalue weighted by Gasteiger charge is 2.22. The number of primary amides is 1. The number of carbonyl (C=O) groups excluding carboxylic acids is 2. The number of amides is 3. The molecule has 150 valence electrons. The second-order valence-electron chi connectivity index (χ2n) is 5.67. The molecule has 0 saturated carbocycles. The van der Waals surface area contributed by atoms with Gasteiger partial charge in [-0.15, -0.1) is 0 Å². The number of urea groups is 1. The van der Waals surface area contributed by atoms with E-state index in [0.717, 1.165) is 0 Å². The Balaban J connectivity index is 2.33. The van der Waals surface area contributed by atoms with Gasteiger partial charge < -0.3 is 21.1 Å². The number of nitrogens with one attached hydrogen (secondary N) is 3. The monoisotopic (exact) mass is 426 g/mol. The zero-order valence-corrected chi connectivity index (χ0v) is 16.6. The van der Waals surface area contributed by atoms with Crippen molar-refractivity contribution in [2.75, 3.05) is 17.1 Å². The van der Waals surface area contributed by atoms with Gasteiger partial charge in [0, 0.05) is 5.69 Å². The number of carbonyl (C=O) groups is 2. The topological polar surface area (TPSA) is 140 Å². The van der Waals surface area contributed by atoms with Crippen molar-refractivity contribution >= 4 is 44.9 Å². The smallest absolute Gasteiger partial charge is 0.312 e. The van der Waals surface area contributed by atoms with Crippen LogP contribution in [-0.4, -0.2) is 33.5 Å². The number of halogens is 1. The minimum atomic E-state index is -4.08. The van der Waals surface area contributed by atoms with Crippen molar-refractivity contribution in [1.82, 2.24) is 5.32 Å². The maximum Gasteiger partial charge on any atom is 0.312 e.